The maximum atomic E-state index is 11.0. The van der Waals surface area contributed by atoms with E-state index in [0.29, 0.717) is 0 Å². The summed E-state index contributed by atoms with van der Waals surface area (Å²) in [5, 5.41) is 8.84. The van der Waals surface area contributed by atoms with Gasteiger partial charge in [-0.2, -0.15) is 11.3 Å². The third kappa shape index (κ3) is 2.64. The highest BCUT2D eigenvalue weighted by Gasteiger charge is 1.98. The molecule has 1 aromatic heterocycles. The van der Waals surface area contributed by atoms with Crippen molar-refractivity contribution in [1.82, 2.24) is 5.32 Å². The standard InChI is InChI=1S/C8H8N2OS/c1-2-4-9-8(11)10-7-3-5-12-6-7/h1,3,5-6H,4H2,(H2,9,10,11). The topological polar surface area (TPSA) is 41.1 Å². The monoisotopic (exact) mass is 180 g/mol. The zero-order valence-corrected chi connectivity index (χ0v) is 7.15. The number of carbonyl (C=O) groups is 1. The summed E-state index contributed by atoms with van der Waals surface area (Å²) in [6, 6.07) is 1.55. The summed E-state index contributed by atoms with van der Waals surface area (Å²) in [5.74, 6) is 2.31. The number of hydrogen-bond donors (Lipinski definition) is 2. The Morgan fingerprint density at radius 1 is 1.75 bits per heavy atom. The van der Waals surface area contributed by atoms with Gasteiger partial charge in [-0.1, -0.05) is 5.92 Å². The van der Waals surface area contributed by atoms with Crippen LogP contribution in [0.4, 0.5) is 10.5 Å². The van der Waals surface area contributed by atoms with Crippen LogP contribution < -0.4 is 10.6 Å². The molecule has 3 nitrogen and oxygen atoms in total. The largest absolute Gasteiger partial charge is 0.327 e. The van der Waals surface area contributed by atoms with E-state index in [-0.39, 0.29) is 12.6 Å². The highest BCUT2D eigenvalue weighted by Crippen LogP contribution is 2.10. The van der Waals surface area contributed by atoms with Crippen molar-refractivity contribution in [2.75, 3.05) is 11.9 Å². The van der Waals surface area contributed by atoms with Gasteiger partial charge in [-0.05, 0) is 11.4 Å². The summed E-state index contributed by atoms with van der Waals surface area (Å²) < 4.78 is 0. The van der Waals surface area contributed by atoms with Gasteiger partial charge in [-0.3, -0.25) is 0 Å². The molecule has 0 bridgehead atoms. The van der Waals surface area contributed by atoms with Crippen LogP contribution in [-0.4, -0.2) is 12.6 Å². The van der Waals surface area contributed by atoms with Crippen molar-refractivity contribution < 1.29 is 4.79 Å². The molecule has 2 amide bonds. The molecular formula is C8H8N2OS. The van der Waals surface area contributed by atoms with Crippen LogP contribution in [0.3, 0.4) is 0 Å². The van der Waals surface area contributed by atoms with Crippen molar-refractivity contribution in [3.8, 4) is 12.3 Å². The number of terminal acetylenes is 1. The van der Waals surface area contributed by atoms with Gasteiger partial charge >= 0.3 is 6.03 Å². The molecule has 0 fully saturated rings. The van der Waals surface area contributed by atoms with E-state index in [1.165, 1.54) is 11.3 Å². The molecule has 0 atom stereocenters. The molecule has 0 aliphatic carbocycles. The minimum atomic E-state index is -0.272. The number of hydrogen-bond acceptors (Lipinski definition) is 2. The van der Waals surface area contributed by atoms with E-state index in [1.54, 1.807) is 0 Å². The molecule has 62 valence electrons. The van der Waals surface area contributed by atoms with E-state index in [0.717, 1.165) is 5.69 Å². The summed E-state index contributed by atoms with van der Waals surface area (Å²) >= 11 is 1.52. The zero-order valence-electron chi connectivity index (χ0n) is 6.33. The Kier molecular flexibility index (Phi) is 3.17. The van der Waals surface area contributed by atoms with Gasteiger partial charge in [-0.15, -0.1) is 6.42 Å². The van der Waals surface area contributed by atoms with E-state index in [1.807, 2.05) is 16.8 Å². The first-order valence-corrected chi connectivity index (χ1v) is 4.27. The molecule has 12 heavy (non-hydrogen) atoms. The second-order valence-electron chi connectivity index (χ2n) is 2.02. The van der Waals surface area contributed by atoms with Gasteiger partial charge in [0.1, 0.15) is 0 Å². The molecule has 0 radical (unpaired) electrons. The Hall–Kier alpha value is -1.47. The number of carbonyl (C=O) groups excluding carboxylic acids is 1. The van der Waals surface area contributed by atoms with Gasteiger partial charge in [0.05, 0.1) is 12.2 Å². The van der Waals surface area contributed by atoms with E-state index in [9.17, 15) is 4.79 Å². The quantitative estimate of drug-likeness (QED) is 0.665. The number of rotatable bonds is 2. The number of anilines is 1. The van der Waals surface area contributed by atoms with Crippen LogP contribution in [0.15, 0.2) is 16.8 Å². The lowest BCUT2D eigenvalue weighted by Crippen LogP contribution is -2.28. The number of thiophene rings is 1. The van der Waals surface area contributed by atoms with Crippen molar-refractivity contribution in [1.29, 1.82) is 0 Å². The Morgan fingerprint density at radius 2 is 2.58 bits per heavy atom. The summed E-state index contributed by atoms with van der Waals surface area (Å²) in [4.78, 5) is 11.0. The smallest absolute Gasteiger partial charge is 0.320 e. The first kappa shape index (κ1) is 8.62. The lowest BCUT2D eigenvalue weighted by atomic mass is 10.5. The third-order valence-corrected chi connectivity index (χ3v) is 1.81. The number of nitrogens with one attached hydrogen (secondary N) is 2. The van der Waals surface area contributed by atoms with Crippen molar-refractivity contribution in [2.24, 2.45) is 0 Å². The van der Waals surface area contributed by atoms with Crippen LogP contribution in [0, 0.1) is 12.3 Å². The fraction of sp³-hybridized carbons (Fsp3) is 0.125. The lowest BCUT2D eigenvalue weighted by molar-refractivity contribution is 0.253. The molecule has 2 N–H and O–H groups in total. The molecule has 1 aromatic rings. The molecule has 0 aliphatic heterocycles. The van der Waals surface area contributed by atoms with Crippen molar-refractivity contribution >= 4 is 23.1 Å². The predicted molar refractivity (Wildman–Crippen MR) is 50.2 cm³/mol. The summed E-state index contributed by atoms with van der Waals surface area (Å²) in [7, 11) is 0. The highest BCUT2D eigenvalue weighted by molar-refractivity contribution is 7.08. The van der Waals surface area contributed by atoms with Gasteiger partial charge in [0.2, 0.25) is 0 Å². The average molecular weight is 180 g/mol. The molecule has 1 rings (SSSR count). The minimum absolute atomic E-state index is 0.246. The van der Waals surface area contributed by atoms with Gasteiger partial charge in [0, 0.05) is 5.38 Å². The van der Waals surface area contributed by atoms with Crippen molar-refractivity contribution in [3.05, 3.63) is 16.8 Å². The fourth-order valence-corrected chi connectivity index (χ4v) is 1.23. The Balaban J connectivity index is 2.33. The first-order valence-electron chi connectivity index (χ1n) is 3.33. The van der Waals surface area contributed by atoms with E-state index < -0.39 is 0 Å². The third-order valence-electron chi connectivity index (χ3n) is 1.13. The molecule has 0 aromatic carbocycles. The highest BCUT2D eigenvalue weighted by atomic mass is 32.1. The SMILES string of the molecule is C#CCNC(=O)Nc1ccsc1. The lowest BCUT2D eigenvalue weighted by Gasteiger charge is -2.01. The van der Waals surface area contributed by atoms with Crippen LogP contribution in [0.25, 0.3) is 0 Å². The molecule has 4 heteroatoms. The average Bonchev–Trinajstić information content (AvgIpc) is 2.53. The summed E-state index contributed by atoms with van der Waals surface area (Å²) in [5.41, 5.74) is 0.787. The number of urea groups is 1. The van der Waals surface area contributed by atoms with Crippen molar-refractivity contribution in [2.45, 2.75) is 0 Å². The Labute approximate surface area is 74.8 Å². The number of amides is 2. The molecule has 0 saturated carbocycles. The summed E-state index contributed by atoms with van der Waals surface area (Å²) in [6.45, 7) is 0.246. The van der Waals surface area contributed by atoms with Crippen LogP contribution in [0.1, 0.15) is 0 Å². The van der Waals surface area contributed by atoms with E-state index in [2.05, 4.69) is 16.6 Å². The van der Waals surface area contributed by atoms with Gasteiger partial charge in [-0.25, -0.2) is 4.79 Å². The maximum Gasteiger partial charge on any atom is 0.320 e. The fourth-order valence-electron chi connectivity index (χ4n) is 0.642. The molecule has 0 saturated heterocycles. The van der Waals surface area contributed by atoms with Crippen molar-refractivity contribution in [3.63, 3.8) is 0 Å². The Bertz CT molecular complexity index is 287. The van der Waals surface area contributed by atoms with E-state index >= 15 is 0 Å². The second-order valence-corrected chi connectivity index (χ2v) is 2.80. The van der Waals surface area contributed by atoms with Gasteiger partial charge in [0.15, 0.2) is 0 Å². The molecular weight excluding hydrogens is 172 g/mol. The molecule has 0 aliphatic rings. The van der Waals surface area contributed by atoms with Gasteiger partial charge in [0.25, 0.3) is 0 Å². The first-order chi connectivity index (χ1) is 5.83. The summed E-state index contributed by atoms with van der Waals surface area (Å²) in [6.07, 6.45) is 4.96. The Morgan fingerprint density at radius 3 is 3.17 bits per heavy atom. The maximum absolute atomic E-state index is 11.0. The second kappa shape index (κ2) is 4.42. The van der Waals surface area contributed by atoms with Crippen LogP contribution in [0.5, 0.6) is 0 Å². The van der Waals surface area contributed by atoms with Gasteiger partial charge < -0.3 is 10.6 Å². The minimum Gasteiger partial charge on any atom is -0.327 e. The molecule has 0 unspecified atom stereocenters. The van der Waals surface area contributed by atoms with Crippen LogP contribution >= 0.6 is 11.3 Å². The molecule has 1 heterocycles. The van der Waals surface area contributed by atoms with E-state index in [4.69, 9.17) is 6.42 Å². The predicted octanol–water partition coefficient (Wildman–Crippen LogP) is 1.50. The normalized spacial score (nSPS) is 8.58. The zero-order chi connectivity index (χ0) is 8.81. The molecule has 0 spiro atoms. The van der Waals surface area contributed by atoms with Crippen LogP contribution in [0.2, 0.25) is 0 Å². The van der Waals surface area contributed by atoms with Crippen LogP contribution in [-0.2, 0) is 0 Å².